The van der Waals surface area contributed by atoms with Gasteiger partial charge in [0.05, 0.1) is 17.2 Å². The van der Waals surface area contributed by atoms with Crippen molar-refractivity contribution in [2.45, 2.75) is 6.61 Å². The zero-order chi connectivity index (χ0) is 22.5. The Morgan fingerprint density at radius 1 is 0.875 bits per heavy atom. The second-order valence-electron chi connectivity index (χ2n) is 7.20. The lowest BCUT2D eigenvalue weighted by molar-refractivity contribution is 0.104. The highest BCUT2D eigenvalue weighted by molar-refractivity contribution is 6.42. The van der Waals surface area contributed by atoms with Crippen molar-refractivity contribution in [1.82, 2.24) is 0 Å². The molecule has 160 valence electrons. The van der Waals surface area contributed by atoms with E-state index in [0.717, 1.165) is 33.4 Å². The van der Waals surface area contributed by atoms with Crippen molar-refractivity contribution < 1.29 is 14.3 Å². The van der Waals surface area contributed by atoms with Crippen LogP contribution in [0.25, 0.3) is 16.8 Å². The molecule has 32 heavy (non-hydrogen) atoms. The van der Waals surface area contributed by atoms with Crippen molar-refractivity contribution in [3.63, 3.8) is 0 Å². The van der Waals surface area contributed by atoms with Crippen LogP contribution in [-0.2, 0) is 6.61 Å². The van der Waals surface area contributed by atoms with Crippen LogP contribution in [0.4, 0.5) is 0 Å². The first kappa shape index (κ1) is 21.9. The summed E-state index contributed by atoms with van der Waals surface area (Å²) in [5.74, 6) is 1.34. The number of methoxy groups -OCH3 is 1. The summed E-state index contributed by atoms with van der Waals surface area (Å²) in [7, 11) is 1.62. The van der Waals surface area contributed by atoms with Gasteiger partial charge in [0.2, 0.25) is 0 Å². The summed E-state index contributed by atoms with van der Waals surface area (Å²) in [6.07, 6.45) is 3.26. The normalized spacial score (nSPS) is 11.1. The van der Waals surface area contributed by atoms with Crippen molar-refractivity contribution in [3.8, 4) is 11.5 Å². The molecule has 0 heterocycles. The van der Waals surface area contributed by atoms with E-state index >= 15 is 0 Å². The van der Waals surface area contributed by atoms with Gasteiger partial charge in [-0.05, 0) is 64.9 Å². The van der Waals surface area contributed by atoms with E-state index < -0.39 is 0 Å². The molecule has 0 atom stereocenters. The minimum atomic E-state index is -0.159. The van der Waals surface area contributed by atoms with Crippen LogP contribution in [0.15, 0.2) is 84.9 Å². The lowest BCUT2D eigenvalue weighted by atomic mass is 10.1. The van der Waals surface area contributed by atoms with Crippen LogP contribution < -0.4 is 9.47 Å². The molecule has 0 N–H and O–H groups in total. The molecule has 3 nitrogen and oxygen atoms in total. The van der Waals surface area contributed by atoms with Crippen molar-refractivity contribution in [2.24, 2.45) is 0 Å². The van der Waals surface area contributed by atoms with Gasteiger partial charge in [0.1, 0.15) is 18.1 Å². The predicted octanol–water partition coefficient (Wildman–Crippen LogP) is 7.63. The lowest BCUT2D eigenvalue weighted by Gasteiger charge is -2.12. The monoisotopic (exact) mass is 462 g/mol. The Morgan fingerprint density at radius 3 is 2.47 bits per heavy atom. The average Bonchev–Trinajstić information content (AvgIpc) is 2.82. The van der Waals surface area contributed by atoms with Gasteiger partial charge in [-0.2, -0.15) is 0 Å². The van der Waals surface area contributed by atoms with Gasteiger partial charge >= 0.3 is 0 Å². The highest BCUT2D eigenvalue weighted by Gasteiger charge is 2.08. The van der Waals surface area contributed by atoms with E-state index in [1.54, 1.807) is 31.4 Å². The number of fused-ring (bicyclic) bond motifs is 1. The van der Waals surface area contributed by atoms with Crippen LogP contribution in [-0.4, -0.2) is 12.9 Å². The van der Waals surface area contributed by atoms with E-state index in [9.17, 15) is 4.79 Å². The number of carbonyl (C=O) groups is 1. The number of hydrogen-bond acceptors (Lipinski definition) is 3. The van der Waals surface area contributed by atoms with Gasteiger partial charge in [-0.1, -0.05) is 65.7 Å². The third kappa shape index (κ3) is 5.13. The number of hydrogen-bond donors (Lipinski definition) is 0. The van der Waals surface area contributed by atoms with Crippen LogP contribution >= 0.6 is 23.2 Å². The fraction of sp³-hybridized carbons (Fsp3) is 0.0741. The fourth-order valence-corrected chi connectivity index (χ4v) is 3.65. The maximum Gasteiger partial charge on any atom is 0.185 e. The Hall–Kier alpha value is -3.27. The smallest absolute Gasteiger partial charge is 0.185 e. The maximum atomic E-state index is 12.5. The number of ketones is 1. The zero-order valence-corrected chi connectivity index (χ0v) is 18.9. The van der Waals surface area contributed by atoms with Gasteiger partial charge in [0, 0.05) is 11.1 Å². The van der Waals surface area contributed by atoms with Crippen LogP contribution in [0.5, 0.6) is 11.5 Å². The van der Waals surface area contributed by atoms with E-state index in [0.29, 0.717) is 22.2 Å². The summed E-state index contributed by atoms with van der Waals surface area (Å²) < 4.78 is 11.5. The van der Waals surface area contributed by atoms with E-state index in [2.05, 4.69) is 12.1 Å². The number of ether oxygens (including phenoxy) is 2. The van der Waals surface area contributed by atoms with Crippen LogP contribution in [0.3, 0.4) is 0 Å². The van der Waals surface area contributed by atoms with E-state index in [-0.39, 0.29) is 5.78 Å². The highest BCUT2D eigenvalue weighted by Crippen LogP contribution is 2.26. The average molecular weight is 463 g/mol. The maximum absolute atomic E-state index is 12.5. The third-order valence-corrected chi connectivity index (χ3v) is 5.79. The summed E-state index contributed by atoms with van der Waals surface area (Å²) in [6.45, 7) is 0.337. The summed E-state index contributed by atoms with van der Waals surface area (Å²) in [4.78, 5) is 12.5. The first-order valence-electron chi connectivity index (χ1n) is 9.99. The van der Waals surface area contributed by atoms with Gasteiger partial charge in [-0.15, -0.1) is 0 Å². The van der Waals surface area contributed by atoms with E-state index in [1.165, 1.54) is 6.08 Å². The van der Waals surface area contributed by atoms with Gasteiger partial charge < -0.3 is 9.47 Å². The molecular formula is C27H20Cl2O3. The quantitative estimate of drug-likeness (QED) is 0.209. The Labute approximate surface area is 196 Å². The highest BCUT2D eigenvalue weighted by atomic mass is 35.5. The first-order chi connectivity index (χ1) is 15.5. The molecule has 4 aromatic rings. The molecule has 0 aromatic heterocycles. The van der Waals surface area contributed by atoms with Crippen molar-refractivity contribution in [1.29, 1.82) is 0 Å². The van der Waals surface area contributed by atoms with Crippen LogP contribution in [0.1, 0.15) is 21.5 Å². The Bertz CT molecular complexity index is 1310. The number of rotatable bonds is 7. The van der Waals surface area contributed by atoms with E-state index in [4.69, 9.17) is 32.7 Å². The van der Waals surface area contributed by atoms with Crippen LogP contribution in [0.2, 0.25) is 10.0 Å². The molecule has 0 aliphatic carbocycles. The SMILES string of the molecule is COc1ccc(/C=C/C(=O)c2ccc(Cl)c(Cl)c2)cc1COc1ccc2ccccc2c1. The topological polar surface area (TPSA) is 35.5 Å². The van der Waals surface area contributed by atoms with Gasteiger partial charge in [0.25, 0.3) is 0 Å². The minimum Gasteiger partial charge on any atom is -0.496 e. The van der Waals surface area contributed by atoms with Gasteiger partial charge in [-0.25, -0.2) is 0 Å². The molecular weight excluding hydrogens is 443 g/mol. The Morgan fingerprint density at radius 2 is 1.69 bits per heavy atom. The fourth-order valence-electron chi connectivity index (χ4n) is 3.35. The van der Waals surface area contributed by atoms with Gasteiger partial charge in [-0.3, -0.25) is 4.79 Å². The molecule has 5 heteroatoms. The Balaban J connectivity index is 1.50. The molecule has 0 spiro atoms. The molecule has 0 saturated heterocycles. The lowest BCUT2D eigenvalue weighted by Crippen LogP contribution is -1.99. The molecule has 0 unspecified atom stereocenters. The molecule has 0 radical (unpaired) electrons. The van der Waals surface area contributed by atoms with Gasteiger partial charge in [0.15, 0.2) is 5.78 Å². The summed E-state index contributed by atoms with van der Waals surface area (Å²) in [5.41, 5.74) is 2.21. The summed E-state index contributed by atoms with van der Waals surface area (Å²) in [5, 5.41) is 3.05. The standard InChI is InChI=1S/C27H20Cl2O3/c1-31-27-13-7-18(6-12-26(30)21-9-11-24(28)25(29)16-21)14-22(27)17-32-23-10-8-19-4-2-3-5-20(19)15-23/h2-16H,17H2,1H3/b12-6+. The summed E-state index contributed by atoms with van der Waals surface area (Å²) in [6, 6.07) is 24.7. The minimum absolute atomic E-state index is 0.159. The molecule has 0 saturated carbocycles. The molecule has 0 bridgehead atoms. The first-order valence-corrected chi connectivity index (χ1v) is 10.7. The number of benzene rings is 4. The second kappa shape index (κ2) is 9.90. The van der Waals surface area contributed by atoms with E-state index in [1.807, 2.05) is 48.5 Å². The molecule has 0 fully saturated rings. The predicted molar refractivity (Wildman–Crippen MR) is 131 cm³/mol. The number of halogens is 2. The molecule has 4 rings (SSSR count). The largest absolute Gasteiger partial charge is 0.496 e. The molecule has 0 aliphatic rings. The zero-order valence-electron chi connectivity index (χ0n) is 17.3. The summed E-state index contributed by atoms with van der Waals surface area (Å²) >= 11 is 11.9. The third-order valence-electron chi connectivity index (χ3n) is 5.05. The number of carbonyl (C=O) groups excluding carboxylic acids is 1. The Kier molecular flexibility index (Phi) is 6.79. The van der Waals surface area contributed by atoms with Crippen molar-refractivity contribution >= 4 is 45.8 Å². The number of allylic oxidation sites excluding steroid dienone is 1. The van der Waals surface area contributed by atoms with Crippen molar-refractivity contribution in [2.75, 3.05) is 7.11 Å². The molecule has 0 amide bonds. The van der Waals surface area contributed by atoms with Crippen LogP contribution in [0, 0.1) is 0 Å². The second-order valence-corrected chi connectivity index (χ2v) is 8.01. The molecule has 0 aliphatic heterocycles. The van der Waals surface area contributed by atoms with Crippen molar-refractivity contribution in [3.05, 3.63) is 112 Å². The molecule has 4 aromatic carbocycles.